The van der Waals surface area contributed by atoms with E-state index in [9.17, 15) is 4.79 Å². The van der Waals surface area contributed by atoms with Crippen molar-refractivity contribution in [1.29, 1.82) is 0 Å². The van der Waals surface area contributed by atoms with Crippen molar-refractivity contribution < 1.29 is 4.79 Å². The zero-order valence-electron chi connectivity index (χ0n) is 12.2. The molecule has 2 aliphatic rings. The third kappa shape index (κ3) is 2.30. The van der Waals surface area contributed by atoms with Crippen LogP contribution in [0, 0.1) is 12.8 Å². The summed E-state index contributed by atoms with van der Waals surface area (Å²) < 4.78 is 0. The fraction of sp³-hybridized carbons (Fsp3) is 0.389. The number of thiophene rings is 1. The maximum Gasteiger partial charge on any atom is 0.226 e. The van der Waals surface area contributed by atoms with E-state index in [1.807, 2.05) is 11.3 Å². The van der Waals surface area contributed by atoms with Crippen LogP contribution in [0.3, 0.4) is 0 Å². The van der Waals surface area contributed by atoms with E-state index in [-0.39, 0.29) is 12.0 Å². The van der Waals surface area contributed by atoms with Crippen LogP contribution in [0.2, 0.25) is 0 Å². The Morgan fingerprint density at radius 3 is 2.67 bits per heavy atom. The lowest BCUT2D eigenvalue weighted by Gasteiger charge is -2.36. The third-order valence-corrected chi connectivity index (χ3v) is 5.57. The molecule has 1 fully saturated rings. The van der Waals surface area contributed by atoms with Crippen molar-refractivity contribution in [2.75, 3.05) is 6.54 Å². The number of benzene rings is 1. The number of hydrogen-bond acceptors (Lipinski definition) is 2. The summed E-state index contributed by atoms with van der Waals surface area (Å²) in [4.78, 5) is 16.2. The highest BCUT2D eigenvalue weighted by atomic mass is 32.1. The first-order valence-electron chi connectivity index (χ1n) is 7.67. The van der Waals surface area contributed by atoms with E-state index in [0.717, 1.165) is 25.8 Å². The first kappa shape index (κ1) is 13.1. The number of nitrogens with zero attached hydrogens (tertiary/aromatic N) is 1. The lowest BCUT2D eigenvalue weighted by Crippen LogP contribution is -2.40. The summed E-state index contributed by atoms with van der Waals surface area (Å²) in [6.07, 6.45) is 3.16. The van der Waals surface area contributed by atoms with Gasteiger partial charge in [-0.2, -0.15) is 0 Å². The molecule has 3 heteroatoms. The van der Waals surface area contributed by atoms with Crippen LogP contribution >= 0.6 is 11.3 Å². The maximum absolute atomic E-state index is 12.7. The fourth-order valence-electron chi connectivity index (χ4n) is 3.23. The highest BCUT2D eigenvalue weighted by molar-refractivity contribution is 7.10. The Morgan fingerprint density at radius 2 is 1.95 bits per heavy atom. The smallest absolute Gasteiger partial charge is 0.226 e. The predicted molar refractivity (Wildman–Crippen MR) is 85.5 cm³/mol. The molecule has 2 heterocycles. The van der Waals surface area contributed by atoms with Crippen molar-refractivity contribution >= 4 is 17.2 Å². The van der Waals surface area contributed by atoms with Gasteiger partial charge in [-0.1, -0.05) is 29.8 Å². The molecule has 1 aliphatic carbocycles. The van der Waals surface area contributed by atoms with Crippen LogP contribution in [-0.2, 0) is 11.2 Å². The molecular formula is C18H19NOS. The monoisotopic (exact) mass is 297 g/mol. The largest absolute Gasteiger partial charge is 0.331 e. The average molecular weight is 297 g/mol. The van der Waals surface area contributed by atoms with Crippen LogP contribution in [0.5, 0.6) is 0 Å². The number of carbonyl (C=O) groups excluding carboxylic acids is 1. The summed E-state index contributed by atoms with van der Waals surface area (Å²) in [5.41, 5.74) is 3.85. The van der Waals surface area contributed by atoms with Crippen molar-refractivity contribution in [3.05, 3.63) is 57.3 Å². The molecular weight excluding hydrogens is 278 g/mol. The molecule has 4 rings (SSSR count). The van der Waals surface area contributed by atoms with Crippen LogP contribution in [-0.4, -0.2) is 17.4 Å². The lowest BCUT2D eigenvalue weighted by atomic mass is 9.92. The molecule has 1 amide bonds. The Morgan fingerprint density at radius 1 is 1.19 bits per heavy atom. The van der Waals surface area contributed by atoms with Crippen LogP contribution in [0.25, 0.3) is 0 Å². The molecule has 1 unspecified atom stereocenters. The molecule has 1 atom stereocenters. The van der Waals surface area contributed by atoms with Gasteiger partial charge in [-0.15, -0.1) is 11.3 Å². The number of carbonyl (C=O) groups is 1. The molecule has 2 aromatic rings. The topological polar surface area (TPSA) is 20.3 Å². The number of aryl methyl sites for hydroxylation is 1. The minimum absolute atomic E-state index is 0.119. The van der Waals surface area contributed by atoms with Crippen LogP contribution < -0.4 is 0 Å². The minimum Gasteiger partial charge on any atom is -0.331 e. The second-order valence-corrected chi connectivity index (χ2v) is 7.17. The van der Waals surface area contributed by atoms with Gasteiger partial charge in [0.15, 0.2) is 0 Å². The summed E-state index contributed by atoms with van der Waals surface area (Å²) in [7, 11) is 0. The third-order valence-electron chi connectivity index (χ3n) is 4.57. The van der Waals surface area contributed by atoms with Gasteiger partial charge in [0.25, 0.3) is 0 Å². The molecule has 108 valence electrons. The summed E-state index contributed by atoms with van der Waals surface area (Å²) in [6.45, 7) is 2.97. The van der Waals surface area contributed by atoms with Gasteiger partial charge in [0.1, 0.15) is 0 Å². The average Bonchev–Trinajstić information content (AvgIpc) is 3.24. The number of amides is 1. The van der Waals surface area contributed by atoms with E-state index in [2.05, 4.69) is 47.5 Å². The summed E-state index contributed by atoms with van der Waals surface area (Å²) in [6, 6.07) is 11.0. The zero-order chi connectivity index (χ0) is 14.4. The highest BCUT2D eigenvalue weighted by Crippen LogP contribution is 2.41. The highest BCUT2D eigenvalue weighted by Gasteiger charge is 2.39. The molecule has 0 radical (unpaired) electrons. The molecule has 1 saturated carbocycles. The van der Waals surface area contributed by atoms with Crippen molar-refractivity contribution in [3.63, 3.8) is 0 Å². The van der Waals surface area contributed by atoms with E-state index in [0.29, 0.717) is 5.91 Å². The number of rotatable bonds is 2. The van der Waals surface area contributed by atoms with E-state index >= 15 is 0 Å². The first-order valence-corrected chi connectivity index (χ1v) is 8.55. The van der Waals surface area contributed by atoms with E-state index < -0.39 is 0 Å². The second kappa shape index (κ2) is 4.99. The van der Waals surface area contributed by atoms with Crippen LogP contribution in [0.1, 0.15) is 40.5 Å². The van der Waals surface area contributed by atoms with Crippen LogP contribution in [0.4, 0.5) is 0 Å². The van der Waals surface area contributed by atoms with Gasteiger partial charge in [-0.25, -0.2) is 0 Å². The SMILES string of the molecule is Cc1ccc(C2c3ccsc3CCN2C(=O)C2CC2)cc1. The molecule has 1 aromatic carbocycles. The van der Waals surface area contributed by atoms with Gasteiger partial charge >= 0.3 is 0 Å². The van der Waals surface area contributed by atoms with Gasteiger partial charge in [0, 0.05) is 17.3 Å². The normalized spacial score (nSPS) is 21.2. The second-order valence-electron chi connectivity index (χ2n) is 6.17. The molecule has 1 aliphatic heterocycles. The van der Waals surface area contributed by atoms with Crippen molar-refractivity contribution in [3.8, 4) is 0 Å². The summed E-state index contributed by atoms with van der Waals surface area (Å²) in [5, 5.41) is 2.16. The Hall–Kier alpha value is -1.61. The molecule has 0 spiro atoms. The Labute approximate surface area is 129 Å². The van der Waals surface area contributed by atoms with Crippen molar-refractivity contribution in [2.24, 2.45) is 5.92 Å². The van der Waals surface area contributed by atoms with Gasteiger partial charge in [-0.3, -0.25) is 4.79 Å². The molecule has 0 saturated heterocycles. The quantitative estimate of drug-likeness (QED) is 0.822. The van der Waals surface area contributed by atoms with Gasteiger partial charge in [0.05, 0.1) is 6.04 Å². The Kier molecular flexibility index (Phi) is 3.11. The molecule has 1 aromatic heterocycles. The van der Waals surface area contributed by atoms with E-state index in [1.165, 1.54) is 21.6 Å². The van der Waals surface area contributed by atoms with Gasteiger partial charge in [-0.05, 0) is 48.8 Å². The zero-order valence-corrected chi connectivity index (χ0v) is 13.0. The standard InChI is InChI=1S/C18H19NOS/c1-12-2-4-13(5-3-12)17-15-9-11-21-16(15)8-10-19(17)18(20)14-6-7-14/h2-5,9,11,14,17H,6-8,10H2,1H3. The lowest BCUT2D eigenvalue weighted by molar-refractivity contribution is -0.134. The maximum atomic E-state index is 12.7. The first-order chi connectivity index (χ1) is 10.2. The predicted octanol–water partition coefficient (Wildman–Crippen LogP) is 3.94. The van der Waals surface area contributed by atoms with Gasteiger partial charge < -0.3 is 4.90 Å². The molecule has 2 nitrogen and oxygen atoms in total. The number of hydrogen-bond donors (Lipinski definition) is 0. The fourth-order valence-corrected chi connectivity index (χ4v) is 4.13. The number of fused-ring (bicyclic) bond motifs is 1. The Balaban J connectivity index is 1.77. The van der Waals surface area contributed by atoms with E-state index in [4.69, 9.17) is 0 Å². The molecule has 0 N–H and O–H groups in total. The Bertz CT molecular complexity index is 669. The van der Waals surface area contributed by atoms with E-state index in [1.54, 1.807) is 0 Å². The van der Waals surface area contributed by atoms with Crippen molar-refractivity contribution in [1.82, 2.24) is 4.90 Å². The van der Waals surface area contributed by atoms with Crippen molar-refractivity contribution in [2.45, 2.75) is 32.2 Å². The van der Waals surface area contributed by atoms with Crippen LogP contribution in [0.15, 0.2) is 35.7 Å². The molecule has 0 bridgehead atoms. The minimum atomic E-state index is 0.119. The summed E-state index contributed by atoms with van der Waals surface area (Å²) in [5.74, 6) is 0.649. The molecule has 21 heavy (non-hydrogen) atoms. The van der Waals surface area contributed by atoms with Gasteiger partial charge in [0.2, 0.25) is 5.91 Å². The summed E-state index contributed by atoms with van der Waals surface area (Å²) >= 11 is 1.83.